The summed E-state index contributed by atoms with van der Waals surface area (Å²) < 4.78 is 0. The van der Waals surface area contributed by atoms with Crippen molar-refractivity contribution in [2.45, 2.75) is 187 Å². The lowest BCUT2D eigenvalue weighted by Crippen LogP contribution is -2.26. The summed E-state index contributed by atoms with van der Waals surface area (Å²) in [5, 5.41) is 0. The highest BCUT2D eigenvalue weighted by Gasteiger charge is 2.11. The minimum absolute atomic E-state index is 1.14. The van der Waals surface area contributed by atoms with Crippen LogP contribution in [0, 0.1) is 0 Å². The minimum Gasteiger partial charge on any atom is -0.359 e. The van der Waals surface area contributed by atoms with Crippen molar-refractivity contribution < 1.29 is 0 Å². The Hall–Kier alpha value is -0.660. The molecule has 0 atom stereocenters. The molecule has 1 heterocycles. The Bertz CT molecular complexity index is 446. The zero-order valence-electron chi connectivity index (χ0n) is 25.3. The molecule has 0 saturated heterocycles. The van der Waals surface area contributed by atoms with Gasteiger partial charge in [0.25, 0.3) is 0 Å². The van der Waals surface area contributed by atoms with E-state index in [1.165, 1.54) is 186 Å². The molecule has 0 amide bonds. The maximum absolute atomic E-state index is 2.53. The van der Waals surface area contributed by atoms with E-state index < -0.39 is 0 Å². The highest BCUT2D eigenvalue weighted by molar-refractivity contribution is 4.90. The van der Waals surface area contributed by atoms with Crippen LogP contribution >= 0.6 is 0 Å². The van der Waals surface area contributed by atoms with Gasteiger partial charge in [-0.2, -0.15) is 0 Å². The fraction of sp³-hybridized carbons (Fsp3) is 0.941. The van der Waals surface area contributed by atoms with Crippen molar-refractivity contribution in [2.75, 3.05) is 19.8 Å². The maximum Gasteiger partial charge on any atom is 0.0893 e. The fourth-order valence-corrected chi connectivity index (χ4v) is 5.65. The summed E-state index contributed by atoms with van der Waals surface area (Å²) in [7, 11) is 0. The number of hydrogen-bond donors (Lipinski definition) is 0. The summed E-state index contributed by atoms with van der Waals surface area (Å²) in [6.07, 6.45) is 43.7. The molecule has 0 aromatic heterocycles. The Balaban J connectivity index is 1.75. The highest BCUT2D eigenvalue weighted by atomic mass is 15.3. The Labute approximate surface area is 229 Å². The standard InChI is InChI=1S/C34H68N2/c1-3-5-7-9-11-13-15-17-19-21-23-25-27-29-31-36-33-32-35(34-36)30-28-26-24-22-20-18-16-14-12-10-8-6-4-2/h32-33H,3-31,34H2,1-2H3. The zero-order valence-corrected chi connectivity index (χ0v) is 25.3. The second-order valence-electron chi connectivity index (χ2n) is 11.9. The molecule has 214 valence electrons. The molecule has 0 aromatic rings. The van der Waals surface area contributed by atoms with Gasteiger partial charge in [0.2, 0.25) is 0 Å². The van der Waals surface area contributed by atoms with E-state index in [4.69, 9.17) is 0 Å². The van der Waals surface area contributed by atoms with Crippen LogP contribution in [0.2, 0.25) is 0 Å². The van der Waals surface area contributed by atoms with Crippen LogP contribution in [0.4, 0.5) is 0 Å². The monoisotopic (exact) mass is 505 g/mol. The third-order valence-corrected chi connectivity index (χ3v) is 8.20. The average molecular weight is 505 g/mol. The molecule has 0 radical (unpaired) electrons. The van der Waals surface area contributed by atoms with Crippen molar-refractivity contribution in [2.24, 2.45) is 0 Å². The van der Waals surface area contributed by atoms with E-state index >= 15 is 0 Å². The molecule has 0 N–H and O–H groups in total. The van der Waals surface area contributed by atoms with Crippen LogP contribution < -0.4 is 0 Å². The molecule has 1 rings (SSSR count). The first-order valence-corrected chi connectivity index (χ1v) is 17.0. The quantitative estimate of drug-likeness (QED) is 0.0934. The Morgan fingerprint density at radius 3 is 0.806 bits per heavy atom. The van der Waals surface area contributed by atoms with Gasteiger partial charge in [-0.05, 0) is 12.8 Å². The van der Waals surface area contributed by atoms with E-state index in [0.29, 0.717) is 0 Å². The summed E-state index contributed by atoms with van der Waals surface area (Å²) in [5.41, 5.74) is 0. The van der Waals surface area contributed by atoms with Crippen LogP contribution in [0.15, 0.2) is 12.4 Å². The van der Waals surface area contributed by atoms with Crippen LogP contribution in [0.3, 0.4) is 0 Å². The van der Waals surface area contributed by atoms with E-state index in [0.717, 1.165) is 6.67 Å². The number of unbranched alkanes of at least 4 members (excludes halogenated alkanes) is 25. The van der Waals surface area contributed by atoms with Gasteiger partial charge in [-0.3, -0.25) is 0 Å². The van der Waals surface area contributed by atoms with Crippen molar-refractivity contribution in [3.05, 3.63) is 12.4 Å². The largest absolute Gasteiger partial charge is 0.359 e. The predicted octanol–water partition coefficient (Wildman–Crippen LogP) is 11.6. The summed E-state index contributed by atoms with van der Waals surface area (Å²) in [4.78, 5) is 5.06. The van der Waals surface area contributed by atoms with E-state index in [-0.39, 0.29) is 0 Å². The molecule has 36 heavy (non-hydrogen) atoms. The summed E-state index contributed by atoms with van der Waals surface area (Å²) in [6.45, 7) is 8.25. The van der Waals surface area contributed by atoms with Crippen LogP contribution in [0.1, 0.15) is 187 Å². The van der Waals surface area contributed by atoms with E-state index in [9.17, 15) is 0 Å². The second kappa shape index (κ2) is 27.4. The van der Waals surface area contributed by atoms with Gasteiger partial charge in [-0.15, -0.1) is 0 Å². The second-order valence-corrected chi connectivity index (χ2v) is 11.9. The fourth-order valence-electron chi connectivity index (χ4n) is 5.65. The molecule has 1 aliphatic rings. The van der Waals surface area contributed by atoms with Gasteiger partial charge in [0, 0.05) is 25.5 Å². The summed E-state index contributed by atoms with van der Waals surface area (Å²) in [5.74, 6) is 0. The summed E-state index contributed by atoms with van der Waals surface area (Å²) in [6, 6.07) is 0. The van der Waals surface area contributed by atoms with Gasteiger partial charge in [-0.1, -0.05) is 174 Å². The lowest BCUT2D eigenvalue weighted by molar-refractivity contribution is 0.257. The Morgan fingerprint density at radius 2 is 0.556 bits per heavy atom. The van der Waals surface area contributed by atoms with E-state index in [1.807, 2.05) is 0 Å². The van der Waals surface area contributed by atoms with Gasteiger partial charge in [0.1, 0.15) is 0 Å². The first kappa shape index (κ1) is 33.4. The van der Waals surface area contributed by atoms with Crippen molar-refractivity contribution in [3.8, 4) is 0 Å². The molecule has 0 aromatic carbocycles. The first-order chi connectivity index (χ1) is 17.9. The van der Waals surface area contributed by atoms with Crippen LogP contribution in [0.25, 0.3) is 0 Å². The van der Waals surface area contributed by atoms with Gasteiger partial charge >= 0.3 is 0 Å². The molecular weight excluding hydrogens is 436 g/mol. The van der Waals surface area contributed by atoms with Gasteiger partial charge in [0.15, 0.2) is 0 Å². The van der Waals surface area contributed by atoms with Gasteiger partial charge in [-0.25, -0.2) is 0 Å². The number of nitrogens with zero attached hydrogens (tertiary/aromatic N) is 2. The molecule has 0 aliphatic carbocycles. The molecular formula is C34H68N2. The lowest BCUT2D eigenvalue weighted by Gasteiger charge is -2.21. The average Bonchev–Trinajstić information content (AvgIpc) is 3.34. The molecule has 0 spiro atoms. The lowest BCUT2D eigenvalue weighted by atomic mass is 10.0. The van der Waals surface area contributed by atoms with E-state index in [1.54, 1.807) is 0 Å². The third kappa shape index (κ3) is 22.5. The highest BCUT2D eigenvalue weighted by Crippen LogP contribution is 2.16. The van der Waals surface area contributed by atoms with Crippen molar-refractivity contribution in [3.63, 3.8) is 0 Å². The maximum atomic E-state index is 2.53. The van der Waals surface area contributed by atoms with Crippen molar-refractivity contribution >= 4 is 0 Å². The normalized spacial score (nSPS) is 13.4. The van der Waals surface area contributed by atoms with Gasteiger partial charge < -0.3 is 9.80 Å². The van der Waals surface area contributed by atoms with Crippen molar-refractivity contribution in [1.29, 1.82) is 0 Å². The van der Waals surface area contributed by atoms with Crippen LogP contribution in [-0.2, 0) is 0 Å². The number of rotatable bonds is 29. The third-order valence-electron chi connectivity index (χ3n) is 8.20. The molecule has 2 nitrogen and oxygen atoms in total. The summed E-state index contributed by atoms with van der Waals surface area (Å²) >= 11 is 0. The topological polar surface area (TPSA) is 6.48 Å². The zero-order chi connectivity index (χ0) is 25.8. The van der Waals surface area contributed by atoms with E-state index in [2.05, 4.69) is 36.0 Å². The molecule has 0 fully saturated rings. The van der Waals surface area contributed by atoms with Crippen molar-refractivity contribution in [1.82, 2.24) is 9.80 Å². The van der Waals surface area contributed by atoms with Crippen LogP contribution in [0.5, 0.6) is 0 Å². The smallest absolute Gasteiger partial charge is 0.0893 e. The molecule has 0 bridgehead atoms. The molecule has 0 unspecified atom stereocenters. The Morgan fingerprint density at radius 1 is 0.333 bits per heavy atom. The predicted molar refractivity (Wildman–Crippen MR) is 163 cm³/mol. The molecule has 0 saturated carbocycles. The molecule has 2 heteroatoms. The minimum atomic E-state index is 1.14. The number of hydrogen-bond acceptors (Lipinski definition) is 2. The van der Waals surface area contributed by atoms with Crippen LogP contribution in [-0.4, -0.2) is 29.6 Å². The first-order valence-electron chi connectivity index (χ1n) is 17.0. The SMILES string of the molecule is CCCCCCCCCCCCCCCCN1C=CN(CCCCCCCCCCCCCCC)C1. The van der Waals surface area contributed by atoms with Gasteiger partial charge in [0.05, 0.1) is 6.67 Å². The Kier molecular flexibility index (Phi) is 25.4. The molecule has 1 aliphatic heterocycles.